The van der Waals surface area contributed by atoms with E-state index in [1.54, 1.807) is 28.8 Å². The normalized spacial score (nSPS) is 14.2. The summed E-state index contributed by atoms with van der Waals surface area (Å²) in [5, 5.41) is 33.2. The molecule has 0 heterocycles. The van der Waals surface area contributed by atoms with Crippen LogP contribution in [0.1, 0.15) is 0 Å². The number of nitrogen functional groups attached to an aromatic ring is 1. The first-order valence-electron chi connectivity index (χ1n) is 11.7. The van der Waals surface area contributed by atoms with Crippen molar-refractivity contribution >= 4 is 72.7 Å². The van der Waals surface area contributed by atoms with Gasteiger partial charge in [-0.2, -0.15) is 0 Å². The third-order valence-corrected chi connectivity index (χ3v) is 10.2. The quantitative estimate of drug-likeness (QED) is 0.0873. The summed E-state index contributed by atoms with van der Waals surface area (Å²) >= 11 is -1.66. The Morgan fingerprint density at radius 3 is 1.73 bits per heavy atom. The van der Waals surface area contributed by atoms with Gasteiger partial charge in [-0.25, -0.2) is 4.31 Å². The molecule has 2 unspecified atom stereocenters. The van der Waals surface area contributed by atoms with Crippen LogP contribution < -0.4 is 5.73 Å². The molecule has 12 heteroatoms. The molecule has 0 fully saturated rings. The van der Waals surface area contributed by atoms with E-state index in [9.17, 15) is 24.4 Å². The second-order valence-corrected chi connectivity index (χ2v) is 13.1. The second kappa shape index (κ2) is 12.1. The van der Waals surface area contributed by atoms with Gasteiger partial charge in [-0.05, 0) is 36.5 Å². The molecule has 0 aliphatic heterocycles. The van der Waals surface area contributed by atoms with Crippen LogP contribution >= 0.6 is 11.9 Å². The average molecular weight is 565 g/mol. The molecule has 0 saturated carbocycles. The van der Waals surface area contributed by atoms with E-state index in [1.807, 2.05) is 41.7 Å². The molecule has 0 saturated heterocycles. The minimum atomic E-state index is -1.56. The van der Waals surface area contributed by atoms with Crippen LogP contribution in [-0.4, -0.2) is 97.9 Å². The molecule has 200 valence electrons. The molecule has 37 heavy (non-hydrogen) atoms. The van der Waals surface area contributed by atoms with Crippen LogP contribution in [0.15, 0.2) is 51.1 Å². The van der Waals surface area contributed by atoms with Gasteiger partial charge in [0.25, 0.3) is 0 Å². The van der Waals surface area contributed by atoms with E-state index in [4.69, 9.17) is 5.73 Å². The zero-order valence-corrected chi connectivity index (χ0v) is 23.5. The SMILES string of the molecule is CN(CCO)Sc1cc([S+]([O-])N(C)CCO)c2ccc3c([S+]([O-])N(C)CCO)cc(N)c4ccc1c2c43. The number of nitrogens with zero attached hydrogens (tertiary/aromatic N) is 3. The highest BCUT2D eigenvalue weighted by molar-refractivity contribution is 7.97. The Morgan fingerprint density at radius 1 is 0.730 bits per heavy atom. The Balaban J connectivity index is 2.06. The third kappa shape index (κ3) is 5.47. The Morgan fingerprint density at radius 2 is 1.19 bits per heavy atom. The molecule has 0 bridgehead atoms. The molecule has 4 rings (SSSR count). The first kappa shape index (κ1) is 28.5. The molecule has 9 nitrogen and oxygen atoms in total. The maximum absolute atomic E-state index is 13.6. The standard InChI is InChI=1S/C25H32N4O5S3/c1-27(8-11-30)35-21-15-23(37(34)29(3)10-13-32)19-7-6-18-22(36(33)28(2)9-12-31)14-20(26)16-4-5-17(21)25(19)24(16)18/h4-7,14-15,30-32H,8-13,26H2,1-3H3. The predicted octanol–water partition coefficient (Wildman–Crippen LogP) is 1.99. The van der Waals surface area contributed by atoms with Crippen molar-refractivity contribution in [2.75, 3.05) is 66.3 Å². The van der Waals surface area contributed by atoms with E-state index < -0.39 is 22.7 Å². The first-order valence-corrected chi connectivity index (χ1v) is 14.7. The monoisotopic (exact) mass is 564 g/mol. The molecule has 0 radical (unpaired) electrons. The van der Waals surface area contributed by atoms with Gasteiger partial charge in [-0.15, -0.1) is 8.61 Å². The highest BCUT2D eigenvalue weighted by Gasteiger charge is 2.29. The fourth-order valence-electron chi connectivity index (χ4n) is 4.43. The van der Waals surface area contributed by atoms with Gasteiger partial charge >= 0.3 is 0 Å². The van der Waals surface area contributed by atoms with Crippen LogP contribution in [-0.2, 0) is 22.7 Å². The van der Waals surface area contributed by atoms with Crippen molar-refractivity contribution in [3.63, 3.8) is 0 Å². The molecule has 0 aliphatic carbocycles. The molecule has 5 N–H and O–H groups in total. The van der Waals surface area contributed by atoms with Gasteiger partial charge in [0, 0.05) is 70.3 Å². The molecule has 0 aromatic heterocycles. The number of aliphatic hydroxyl groups is 3. The average Bonchev–Trinajstić information content (AvgIpc) is 2.88. The predicted molar refractivity (Wildman–Crippen MR) is 152 cm³/mol. The summed E-state index contributed by atoms with van der Waals surface area (Å²) in [5.74, 6) is 0. The fraction of sp³-hybridized carbons (Fsp3) is 0.360. The number of aliphatic hydroxyl groups excluding tert-OH is 3. The van der Waals surface area contributed by atoms with Crippen molar-refractivity contribution < 1.29 is 24.4 Å². The van der Waals surface area contributed by atoms with Crippen molar-refractivity contribution in [3.05, 3.63) is 36.4 Å². The lowest BCUT2D eigenvalue weighted by Crippen LogP contribution is -2.30. The highest BCUT2D eigenvalue weighted by Crippen LogP contribution is 2.45. The molecular weight excluding hydrogens is 532 g/mol. The molecule has 4 aromatic rings. The number of anilines is 1. The van der Waals surface area contributed by atoms with Gasteiger partial charge in [0.15, 0.2) is 9.79 Å². The van der Waals surface area contributed by atoms with Gasteiger partial charge in [-0.3, -0.25) is 0 Å². The van der Waals surface area contributed by atoms with Gasteiger partial charge in [0.05, 0.1) is 55.6 Å². The third-order valence-electron chi connectivity index (χ3n) is 6.26. The lowest BCUT2D eigenvalue weighted by molar-refractivity contribution is 0.266. The summed E-state index contributed by atoms with van der Waals surface area (Å²) in [6.07, 6.45) is 0. The summed E-state index contributed by atoms with van der Waals surface area (Å²) in [6, 6.07) is 11.4. The van der Waals surface area contributed by atoms with E-state index >= 15 is 0 Å². The molecule has 2 atom stereocenters. The largest absolute Gasteiger partial charge is 0.593 e. The maximum Gasteiger partial charge on any atom is 0.184 e. The number of hydrogen-bond donors (Lipinski definition) is 4. The molecule has 0 spiro atoms. The fourth-order valence-corrected chi connectivity index (χ4v) is 7.78. The van der Waals surface area contributed by atoms with Gasteiger partial charge < -0.3 is 30.2 Å². The molecule has 0 aliphatic rings. The lowest BCUT2D eigenvalue weighted by Gasteiger charge is -2.25. The van der Waals surface area contributed by atoms with Crippen molar-refractivity contribution in [1.82, 2.24) is 12.9 Å². The second-order valence-electron chi connectivity index (χ2n) is 8.72. The van der Waals surface area contributed by atoms with E-state index in [-0.39, 0.29) is 32.9 Å². The van der Waals surface area contributed by atoms with Crippen LogP contribution in [0.4, 0.5) is 5.69 Å². The Bertz CT molecular complexity index is 1380. The Hall–Kier alpha value is -1.55. The van der Waals surface area contributed by atoms with Crippen molar-refractivity contribution in [2.24, 2.45) is 0 Å². The van der Waals surface area contributed by atoms with Crippen LogP contribution in [0.25, 0.3) is 32.3 Å². The van der Waals surface area contributed by atoms with Crippen LogP contribution in [0.5, 0.6) is 0 Å². The summed E-state index contributed by atoms with van der Waals surface area (Å²) in [7, 11) is 5.26. The van der Waals surface area contributed by atoms with Gasteiger partial charge in [0.1, 0.15) is 0 Å². The zero-order valence-electron chi connectivity index (χ0n) is 21.0. The van der Waals surface area contributed by atoms with Crippen LogP contribution in [0.2, 0.25) is 0 Å². The van der Waals surface area contributed by atoms with Crippen molar-refractivity contribution in [2.45, 2.75) is 14.7 Å². The lowest BCUT2D eigenvalue weighted by atomic mass is 9.93. The van der Waals surface area contributed by atoms with Crippen molar-refractivity contribution in [1.29, 1.82) is 0 Å². The van der Waals surface area contributed by atoms with E-state index in [2.05, 4.69) is 0 Å². The van der Waals surface area contributed by atoms with Gasteiger partial charge in [-0.1, -0.05) is 12.1 Å². The van der Waals surface area contributed by atoms with Crippen LogP contribution in [0, 0.1) is 0 Å². The summed E-state index contributed by atoms with van der Waals surface area (Å²) < 4.78 is 32.1. The summed E-state index contributed by atoms with van der Waals surface area (Å²) in [4.78, 5) is 2.01. The van der Waals surface area contributed by atoms with Gasteiger partial charge in [0.2, 0.25) is 0 Å². The summed E-state index contributed by atoms with van der Waals surface area (Å²) in [6.45, 7) is 0.689. The van der Waals surface area contributed by atoms with E-state index in [1.165, 1.54) is 11.9 Å². The van der Waals surface area contributed by atoms with E-state index in [0.29, 0.717) is 22.0 Å². The van der Waals surface area contributed by atoms with Crippen molar-refractivity contribution in [3.8, 4) is 0 Å². The molecule has 0 amide bonds. The maximum atomic E-state index is 13.6. The minimum Gasteiger partial charge on any atom is -0.593 e. The zero-order chi connectivity index (χ0) is 26.9. The number of nitrogens with two attached hydrogens (primary N) is 1. The number of likely N-dealkylation sites (N-methyl/N-ethyl adjacent to an activating group) is 3. The van der Waals surface area contributed by atoms with E-state index in [0.717, 1.165) is 37.2 Å². The molecular formula is C25H32N4O5S3. The Labute approximate surface area is 226 Å². The number of rotatable bonds is 12. The van der Waals surface area contributed by atoms with Crippen LogP contribution in [0.3, 0.4) is 0 Å². The summed E-state index contributed by atoms with van der Waals surface area (Å²) in [5.41, 5.74) is 6.97. The Kier molecular flexibility index (Phi) is 9.30. The first-order chi connectivity index (χ1) is 17.7. The smallest absolute Gasteiger partial charge is 0.184 e. The number of benzene rings is 4. The topological polar surface area (TPSA) is 143 Å². The molecule has 4 aromatic carbocycles. The minimum absolute atomic E-state index is 0.000420. The highest BCUT2D eigenvalue weighted by atomic mass is 32.2. The number of hydrogen-bond acceptors (Lipinski definition) is 10.